The van der Waals surface area contributed by atoms with Crippen molar-refractivity contribution in [3.05, 3.63) is 15.9 Å². The van der Waals surface area contributed by atoms with Gasteiger partial charge in [0.2, 0.25) is 5.91 Å². The molecule has 1 aliphatic rings. The number of halogens is 1. The average molecular weight is 356 g/mol. The number of amides is 1. The highest BCUT2D eigenvalue weighted by Gasteiger charge is 2.24. The Labute approximate surface area is 136 Å². The van der Waals surface area contributed by atoms with Crippen molar-refractivity contribution in [1.29, 1.82) is 0 Å². The lowest BCUT2D eigenvalue weighted by Crippen LogP contribution is -2.31. The largest absolute Gasteiger partial charge is 0.337 e. The summed E-state index contributed by atoms with van der Waals surface area (Å²) in [7, 11) is 0. The molecule has 1 aliphatic heterocycles. The number of aromatic nitrogens is 2. The highest BCUT2D eigenvalue weighted by Crippen LogP contribution is 2.26. The number of likely N-dealkylation sites (tertiary alicyclic amines) is 1. The van der Waals surface area contributed by atoms with Crippen LogP contribution in [-0.4, -0.2) is 27.1 Å². The predicted octanol–water partition coefficient (Wildman–Crippen LogP) is 3.77. The highest BCUT2D eigenvalue weighted by molar-refractivity contribution is 9.10. The van der Waals surface area contributed by atoms with Gasteiger partial charge in [0.05, 0.1) is 22.4 Å². The molecule has 4 nitrogen and oxygen atoms in total. The summed E-state index contributed by atoms with van der Waals surface area (Å²) in [5.41, 5.74) is 2.22. The maximum absolute atomic E-state index is 12.3. The lowest BCUT2D eigenvalue weighted by atomic mass is 9.98. The van der Waals surface area contributed by atoms with Crippen molar-refractivity contribution >= 4 is 21.8 Å². The SMILES string of the molecule is CCc1nn(CC)c(CN2CCC(CC)CCC2=O)c1Br. The minimum atomic E-state index is 0.291. The molecular formula is C16H26BrN3O. The Morgan fingerprint density at radius 1 is 1.29 bits per heavy atom. The Bertz CT molecular complexity index is 498. The van der Waals surface area contributed by atoms with Crippen LogP contribution in [0, 0.1) is 5.92 Å². The molecule has 0 N–H and O–H groups in total. The van der Waals surface area contributed by atoms with Gasteiger partial charge in [-0.05, 0) is 48.0 Å². The van der Waals surface area contributed by atoms with Crippen LogP contribution in [0.2, 0.25) is 0 Å². The molecule has 0 aromatic carbocycles. The number of carbonyl (C=O) groups is 1. The molecule has 1 fully saturated rings. The Hall–Kier alpha value is -0.840. The van der Waals surface area contributed by atoms with Crippen molar-refractivity contribution in [1.82, 2.24) is 14.7 Å². The van der Waals surface area contributed by atoms with E-state index in [1.165, 1.54) is 6.42 Å². The predicted molar refractivity (Wildman–Crippen MR) is 88.0 cm³/mol. The zero-order chi connectivity index (χ0) is 15.4. The molecule has 0 radical (unpaired) electrons. The van der Waals surface area contributed by atoms with Gasteiger partial charge in [0, 0.05) is 19.5 Å². The monoisotopic (exact) mass is 355 g/mol. The molecule has 2 rings (SSSR count). The number of nitrogens with zero attached hydrogens (tertiary/aromatic N) is 3. The van der Waals surface area contributed by atoms with Crippen LogP contribution >= 0.6 is 15.9 Å². The number of hydrogen-bond acceptors (Lipinski definition) is 2. The Balaban J connectivity index is 2.17. The summed E-state index contributed by atoms with van der Waals surface area (Å²) < 4.78 is 3.11. The summed E-state index contributed by atoms with van der Waals surface area (Å²) in [6.45, 7) is 8.82. The van der Waals surface area contributed by atoms with Crippen molar-refractivity contribution < 1.29 is 4.79 Å². The lowest BCUT2D eigenvalue weighted by Gasteiger charge is -2.21. The Kier molecular flexibility index (Phi) is 5.85. The van der Waals surface area contributed by atoms with Gasteiger partial charge in [0.1, 0.15) is 0 Å². The van der Waals surface area contributed by atoms with E-state index >= 15 is 0 Å². The molecule has 1 saturated heterocycles. The molecule has 1 atom stereocenters. The van der Waals surface area contributed by atoms with Gasteiger partial charge in [-0.25, -0.2) is 0 Å². The number of carbonyl (C=O) groups excluding carboxylic acids is 1. The second-order valence-electron chi connectivity index (χ2n) is 5.79. The molecule has 1 aromatic rings. The van der Waals surface area contributed by atoms with E-state index in [0.717, 1.165) is 48.2 Å². The van der Waals surface area contributed by atoms with Crippen molar-refractivity contribution in [2.75, 3.05) is 6.54 Å². The molecule has 0 spiro atoms. The molecule has 5 heteroatoms. The molecule has 1 amide bonds. The van der Waals surface area contributed by atoms with Crippen LogP contribution in [0.3, 0.4) is 0 Å². The fourth-order valence-corrected chi connectivity index (χ4v) is 3.71. The zero-order valence-electron chi connectivity index (χ0n) is 13.4. The average Bonchev–Trinajstić information content (AvgIpc) is 2.68. The number of rotatable bonds is 5. The first kappa shape index (κ1) is 16.5. The standard InChI is InChI=1S/C16H26BrN3O/c1-4-12-7-8-15(21)19(10-9-12)11-14-16(17)13(5-2)18-20(14)6-3/h12H,4-11H2,1-3H3. The first-order chi connectivity index (χ1) is 10.1. The first-order valence-electron chi connectivity index (χ1n) is 8.12. The van der Waals surface area contributed by atoms with Gasteiger partial charge in [0.15, 0.2) is 0 Å². The van der Waals surface area contributed by atoms with E-state index < -0.39 is 0 Å². The quantitative estimate of drug-likeness (QED) is 0.806. The Morgan fingerprint density at radius 3 is 2.67 bits per heavy atom. The van der Waals surface area contributed by atoms with Gasteiger partial charge in [-0.1, -0.05) is 20.3 Å². The minimum Gasteiger partial charge on any atom is -0.337 e. The summed E-state index contributed by atoms with van der Waals surface area (Å²) in [4.78, 5) is 14.4. The van der Waals surface area contributed by atoms with Crippen molar-refractivity contribution in [3.63, 3.8) is 0 Å². The minimum absolute atomic E-state index is 0.291. The summed E-state index contributed by atoms with van der Waals surface area (Å²) in [6.07, 6.45) is 4.95. The number of aryl methyl sites for hydroxylation is 2. The van der Waals surface area contributed by atoms with E-state index in [-0.39, 0.29) is 0 Å². The summed E-state index contributed by atoms with van der Waals surface area (Å²) >= 11 is 3.67. The van der Waals surface area contributed by atoms with Gasteiger partial charge in [0.25, 0.3) is 0 Å². The molecule has 21 heavy (non-hydrogen) atoms. The molecule has 0 bridgehead atoms. The zero-order valence-corrected chi connectivity index (χ0v) is 14.9. The van der Waals surface area contributed by atoms with Crippen molar-refractivity contribution in [2.24, 2.45) is 5.92 Å². The summed E-state index contributed by atoms with van der Waals surface area (Å²) in [5, 5.41) is 4.62. The summed E-state index contributed by atoms with van der Waals surface area (Å²) in [6, 6.07) is 0. The maximum atomic E-state index is 12.3. The van der Waals surface area contributed by atoms with Gasteiger partial charge in [-0.3, -0.25) is 9.48 Å². The van der Waals surface area contributed by atoms with E-state index in [0.29, 0.717) is 24.8 Å². The lowest BCUT2D eigenvalue weighted by molar-refractivity contribution is -0.131. The molecule has 0 saturated carbocycles. The third-order valence-corrected chi connectivity index (χ3v) is 5.45. The van der Waals surface area contributed by atoms with Crippen LogP contribution in [0.25, 0.3) is 0 Å². The summed E-state index contributed by atoms with van der Waals surface area (Å²) in [5.74, 6) is 0.990. The van der Waals surface area contributed by atoms with Crippen LogP contribution in [0.4, 0.5) is 0 Å². The topological polar surface area (TPSA) is 38.1 Å². The highest BCUT2D eigenvalue weighted by atomic mass is 79.9. The van der Waals surface area contributed by atoms with Crippen LogP contribution < -0.4 is 0 Å². The van der Waals surface area contributed by atoms with E-state index in [9.17, 15) is 4.79 Å². The van der Waals surface area contributed by atoms with Crippen molar-refractivity contribution in [2.45, 2.75) is 66.0 Å². The van der Waals surface area contributed by atoms with Crippen LogP contribution in [0.15, 0.2) is 4.47 Å². The van der Waals surface area contributed by atoms with Gasteiger partial charge < -0.3 is 4.90 Å². The number of hydrogen-bond donors (Lipinski definition) is 0. The molecule has 118 valence electrons. The van der Waals surface area contributed by atoms with E-state index in [4.69, 9.17) is 0 Å². The fourth-order valence-electron chi connectivity index (χ4n) is 3.02. The van der Waals surface area contributed by atoms with Crippen LogP contribution in [0.1, 0.15) is 57.8 Å². The smallest absolute Gasteiger partial charge is 0.222 e. The van der Waals surface area contributed by atoms with Crippen LogP contribution in [-0.2, 0) is 24.3 Å². The van der Waals surface area contributed by atoms with Crippen LogP contribution in [0.5, 0.6) is 0 Å². The van der Waals surface area contributed by atoms with E-state index in [2.05, 4.69) is 41.8 Å². The van der Waals surface area contributed by atoms with E-state index in [1.807, 2.05) is 9.58 Å². The fraction of sp³-hybridized carbons (Fsp3) is 0.750. The third-order valence-electron chi connectivity index (χ3n) is 4.54. The molecule has 0 aliphatic carbocycles. The normalized spacial score (nSPS) is 19.9. The molecular weight excluding hydrogens is 330 g/mol. The molecule has 1 aromatic heterocycles. The third kappa shape index (κ3) is 3.68. The second-order valence-corrected chi connectivity index (χ2v) is 6.59. The first-order valence-corrected chi connectivity index (χ1v) is 8.91. The van der Waals surface area contributed by atoms with Gasteiger partial charge in [-0.15, -0.1) is 0 Å². The van der Waals surface area contributed by atoms with E-state index in [1.54, 1.807) is 0 Å². The molecule has 1 unspecified atom stereocenters. The molecule has 2 heterocycles. The second kappa shape index (κ2) is 7.43. The van der Waals surface area contributed by atoms with Gasteiger partial charge >= 0.3 is 0 Å². The van der Waals surface area contributed by atoms with Gasteiger partial charge in [-0.2, -0.15) is 5.10 Å². The van der Waals surface area contributed by atoms with Crippen molar-refractivity contribution in [3.8, 4) is 0 Å². The Morgan fingerprint density at radius 2 is 2.05 bits per heavy atom. The maximum Gasteiger partial charge on any atom is 0.222 e.